The molecule has 2 aliphatic rings. The van der Waals surface area contributed by atoms with Crippen LogP contribution in [0.1, 0.15) is 66.0 Å². The van der Waals surface area contributed by atoms with E-state index >= 15 is 0 Å². The molecule has 2 aliphatic heterocycles. The van der Waals surface area contributed by atoms with Gasteiger partial charge in [0.15, 0.2) is 0 Å². The zero-order chi connectivity index (χ0) is 29.4. The molecule has 1 amide bonds. The first-order chi connectivity index (χ1) is 20.2. The molecule has 0 fully saturated rings. The second kappa shape index (κ2) is 11.5. The highest BCUT2D eigenvalue weighted by molar-refractivity contribution is 7.84. The van der Waals surface area contributed by atoms with Crippen molar-refractivity contribution >= 4 is 16.9 Å². The van der Waals surface area contributed by atoms with Crippen molar-refractivity contribution in [1.82, 2.24) is 19.2 Å². The van der Waals surface area contributed by atoms with E-state index in [-0.39, 0.29) is 18.6 Å². The molecule has 8 heteroatoms. The number of fused-ring (bicyclic) bond motifs is 2. The van der Waals surface area contributed by atoms with Crippen LogP contribution >= 0.6 is 0 Å². The Bertz CT molecular complexity index is 1650. The summed E-state index contributed by atoms with van der Waals surface area (Å²) in [5, 5.41) is 10.1. The van der Waals surface area contributed by atoms with Gasteiger partial charge >= 0.3 is 0 Å². The molecule has 1 N–H and O–H groups in total. The normalized spacial score (nSPS) is 17.5. The van der Waals surface area contributed by atoms with Crippen LogP contribution in [0.2, 0.25) is 0 Å². The van der Waals surface area contributed by atoms with Crippen molar-refractivity contribution < 1.29 is 14.1 Å². The lowest BCUT2D eigenvalue weighted by Crippen LogP contribution is -2.36. The Hall–Kier alpha value is -3.72. The van der Waals surface area contributed by atoms with Crippen LogP contribution in [0.3, 0.4) is 0 Å². The predicted molar refractivity (Wildman–Crippen MR) is 166 cm³/mol. The molecule has 216 valence electrons. The first-order valence-corrected chi connectivity index (χ1v) is 15.6. The van der Waals surface area contributed by atoms with E-state index in [9.17, 15) is 14.1 Å². The summed E-state index contributed by atoms with van der Waals surface area (Å²) in [5.74, 6) is -0.105. The Labute approximate surface area is 249 Å². The Morgan fingerprint density at radius 1 is 0.952 bits per heavy atom. The Balaban J connectivity index is 1.47. The minimum absolute atomic E-state index is 0.0506. The first-order valence-electron chi connectivity index (χ1n) is 14.4. The van der Waals surface area contributed by atoms with Gasteiger partial charge in [-0.3, -0.25) is 9.78 Å². The molecule has 0 saturated carbocycles. The Kier molecular flexibility index (Phi) is 7.79. The molecule has 0 bridgehead atoms. The van der Waals surface area contributed by atoms with E-state index in [2.05, 4.69) is 23.2 Å². The van der Waals surface area contributed by atoms with E-state index in [4.69, 9.17) is 4.98 Å². The predicted octanol–water partition coefficient (Wildman–Crippen LogP) is 5.71. The number of pyridine rings is 2. The van der Waals surface area contributed by atoms with Gasteiger partial charge in [0, 0.05) is 55.3 Å². The molecule has 1 unspecified atom stereocenters. The standard InChI is InChI=1S/C34H36N4O3S/c1-34(2,3)42(41)38-22-28-19-29(33(40)37-16-13-23-8-4-5-9-27(23)21-37)36-32(31(28)30(38)14-17-39)25-11-6-10-24(18-25)26-12-7-15-35-20-26/h4-12,15,18-20,30,39H,13-14,16-17,21-22H2,1-3H3/t30-,42?/m0/s1. The molecule has 4 heterocycles. The number of nitrogens with zero attached hydrogens (tertiary/aromatic N) is 4. The maximum Gasteiger partial charge on any atom is 0.272 e. The van der Waals surface area contributed by atoms with Crippen molar-refractivity contribution in [1.29, 1.82) is 0 Å². The number of aromatic nitrogens is 2. The molecule has 0 saturated heterocycles. The molecule has 0 spiro atoms. The average molecular weight is 581 g/mol. The SMILES string of the molecule is CC(C)(C)S(=O)N1Cc2cc(C(=O)N3CCc4ccccc4C3)nc(-c3cccc(-c4cccnc4)c3)c2[C@@H]1CCO. The van der Waals surface area contributed by atoms with Gasteiger partial charge in [0.05, 0.1) is 16.5 Å². The van der Waals surface area contributed by atoms with Crippen LogP contribution in [0.4, 0.5) is 0 Å². The van der Waals surface area contributed by atoms with E-state index in [0.29, 0.717) is 37.4 Å². The molecular formula is C34H36N4O3S. The van der Waals surface area contributed by atoms with E-state index in [0.717, 1.165) is 39.8 Å². The quantitative estimate of drug-likeness (QED) is 0.316. The van der Waals surface area contributed by atoms with E-state index in [1.54, 1.807) is 6.20 Å². The second-order valence-electron chi connectivity index (χ2n) is 12.0. The molecule has 42 heavy (non-hydrogen) atoms. The monoisotopic (exact) mass is 580 g/mol. The number of benzene rings is 2. The van der Waals surface area contributed by atoms with Gasteiger partial charge in [0.25, 0.3) is 5.91 Å². The Morgan fingerprint density at radius 2 is 1.71 bits per heavy atom. The van der Waals surface area contributed by atoms with E-state index in [1.165, 1.54) is 5.56 Å². The van der Waals surface area contributed by atoms with Crippen LogP contribution in [0.25, 0.3) is 22.4 Å². The van der Waals surface area contributed by atoms with E-state index in [1.807, 2.05) is 84.7 Å². The van der Waals surface area contributed by atoms with Crippen molar-refractivity contribution in [3.8, 4) is 22.4 Å². The summed E-state index contributed by atoms with van der Waals surface area (Å²) in [6.45, 7) is 7.43. The molecule has 0 radical (unpaired) electrons. The summed E-state index contributed by atoms with van der Waals surface area (Å²) in [7, 11) is -1.32. The van der Waals surface area contributed by atoms with Gasteiger partial charge in [-0.05, 0) is 74.1 Å². The largest absolute Gasteiger partial charge is 0.396 e. The van der Waals surface area contributed by atoms with Gasteiger partial charge in [0.1, 0.15) is 16.7 Å². The number of amides is 1. The zero-order valence-electron chi connectivity index (χ0n) is 24.3. The fourth-order valence-electron chi connectivity index (χ4n) is 6.01. The maximum absolute atomic E-state index is 14.0. The molecular weight excluding hydrogens is 544 g/mol. The number of aliphatic hydroxyl groups excluding tert-OH is 1. The average Bonchev–Trinajstić information content (AvgIpc) is 3.37. The third-order valence-electron chi connectivity index (χ3n) is 8.06. The van der Waals surface area contributed by atoms with Gasteiger partial charge in [0.2, 0.25) is 0 Å². The molecule has 0 aliphatic carbocycles. The number of hydrogen-bond donors (Lipinski definition) is 1. The summed E-state index contributed by atoms with van der Waals surface area (Å²) < 4.78 is 15.2. The van der Waals surface area contributed by atoms with Crippen LogP contribution < -0.4 is 0 Å². The number of hydrogen-bond acceptors (Lipinski definition) is 5. The summed E-state index contributed by atoms with van der Waals surface area (Å²) in [4.78, 5) is 25.2. The number of carbonyl (C=O) groups excluding carboxylic acids is 1. The third-order valence-corrected chi connectivity index (χ3v) is 9.92. The molecule has 2 atom stereocenters. The first kappa shape index (κ1) is 28.4. The number of aliphatic hydroxyl groups is 1. The lowest BCUT2D eigenvalue weighted by molar-refractivity contribution is 0.0728. The molecule has 2 aromatic heterocycles. The highest BCUT2D eigenvalue weighted by Gasteiger charge is 2.40. The topological polar surface area (TPSA) is 86.6 Å². The maximum atomic E-state index is 14.0. The van der Waals surface area contributed by atoms with Crippen LogP contribution in [-0.2, 0) is 30.5 Å². The summed E-state index contributed by atoms with van der Waals surface area (Å²) >= 11 is 0. The third kappa shape index (κ3) is 5.42. The highest BCUT2D eigenvalue weighted by Crippen LogP contribution is 2.44. The van der Waals surface area contributed by atoms with Gasteiger partial charge in [-0.2, -0.15) is 0 Å². The molecule has 2 aromatic carbocycles. The summed E-state index contributed by atoms with van der Waals surface area (Å²) in [5.41, 5.74) is 8.25. The van der Waals surface area contributed by atoms with Crippen molar-refractivity contribution in [2.45, 2.75) is 57.5 Å². The van der Waals surface area contributed by atoms with Crippen molar-refractivity contribution in [2.75, 3.05) is 13.2 Å². The molecule has 7 nitrogen and oxygen atoms in total. The highest BCUT2D eigenvalue weighted by atomic mass is 32.2. The molecule has 4 aromatic rings. The lowest BCUT2D eigenvalue weighted by Gasteiger charge is -2.30. The van der Waals surface area contributed by atoms with E-state index < -0.39 is 15.7 Å². The minimum Gasteiger partial charge on any atom is -0.396 e. The van der Waals surface area contributed by atoms with Gasteiger partial charge in [-0.1, -0.05) is 48.5 Å². The van der Waals surface area contributed by atoms with Crippen molar-refractivity contribution in [3.63, 3.8) is 0 Å². The molecule has 6 rings (SSSR count). The van der Waals surface area contributed by atoms with Crippen LogP contribution in [0.5, 0.6) is 0 Å². The fourth-order valence-corrected chi connectivity index (χ4v) is 7.41. The summed E-state index contributed by atoms with van der Waals surface area (Å²) in [6, 6.07) is 21.9. The number of carbonyl (C=O) groups is 1. The smallest absolute Gasteiger partial charge is 0.272 e. The minimum atomic E-state index is -1.32. The van der Waals surface area contributed by atoms with Crippen LogP contribution in [0.15, 0.2) is 79.1 Å². The fraction of sp³-hybridized carbons (Fsp3) is 0.324. The second-order valence-corrected chi connectivity index (χ2v) is 14.2. The summed E-state index contributed by atoms with van der Waals surface area (Å²) in [6.07, 6.45) is 4.80. The van der Waals surface area contributed by atoms with Crippen molar-refractivity contribution in [3.05, 3.63) is 107 Å². The van der Waals surface area contributed by atoms with Gasteiger partial charge < -0.3 is 10.0 Å². The Morgan fingerprint density at radius 3 is 2.45 bits per heavy atom. The van der Waals surface area contributed by atoms with Crippen LogP contribution in [-0.4, -0.2) is 52.3 Å². The van der Waals surface area contributed by atoms with Gasteiger partial charge in [-0.15, -0.1) is 0 Å². The zero-order valence-corrected chi connectivity index (χ0v) is 25.1. The lowest BCUT2D eigenvalue weighted by atomic mass is 9.94. The van der Waals surface area contributed by atoms with Gasteiger partial charge in [-0.25, -0.2) is 13.5 Å². The number of rotatable bonds is 6. The van der Waals surface area contributed by atoms with Crippen molar-refractivity contribution in [2.24, 2.45) is 0 Å². The van der Waals surface area contributed by atoms with Crippen LogP contribution in [0, 0.1) is 0 Å².